The first-order chi connectivity index (χ1) is 8.16. The van der Waals surface area contributed by atoms with Crippen LogP contribution in [0, 0.1) is 13.8 Å². The normalized spacial score (nSPS) is 19.2. The Hall–Kier alpha value is -0.900. The molecule has 1 atom stereocenters. The van der Waals surface area contributed by atoms with E-state index in [9.17, 15) is 0 Å². The molecule has 1 N–H and O–H groups in total. The Morgan fingerprint density at radius 1 is 1.24 bits per heavy atom. The summed E-state index contributed by atoms with van der Waals surface area (Å²) in [5.74, 6) is 0. The molecule has 1 aliphatic rings. The van der Waals surface area contributed by atoms with Crippen molar-refractivity contribution in [2.24, 2.45) is 0 Å². The Bertz CT molecular complexity index is 372. The van der Waals surface area contributed by atoms with Gasteiger partial charge in [-0.3, -0.25) is 0 Å². The predicted molar refractivity (Wildman–Crippen MR) is 69.9 cm³/mol. The van der Waals surface area contributed by atoms with Crippen LogP contribution in [-0.2, 0) is 4.74 Å². The molecule has 1 aliphatic heterocycles. The van der Waals surface area contributed by atoms with Crippen LogP contribution in [0.2, 0.25) is 0 Å². The highest BCUT2D eigenvalue weighted by molar-refractivity contribution is 5.32. The first kappa shape index (κ1) is 12.6. The number of nitrogens with zero attached hydrogens (tertiary/aromatic N) is 1. The molecule has 1 saturated heterocycles. The number of ether oxygens (including phenoxy) is 1. The predicted octanol–water partition coefficient (Wildman–Crippen LogP) is 2.20. The number of morpholine rings is 1. The zero-order valence-corrected chi connectivity index (χ0v) is 11.0. The third-order valence-corrected chi connectivity index (χ3v) is 3.29. The summed E-state index contributed by atoms with van der Waals surface area (Å²) in [5, 5.41) is 2.26. The average Bonchev–Trinajstić information content (AvgIpc) is 2.33. The Morgan fingerprint density at radius 2 is 1.94 bits per heavy atom. The summed E-state index contributed by atoms with van der Waals surface area (Å²) in [6.45, 7) is 10.1. The SMILES string of the molecule is Cc1ccc(C)c(C(C)NN2CCOCC2)c1. The zero-order chi connectivity index (χ0) is 12.3. The molecule has 2 rings (SSSR count). The minimum Gasteiger partial charge on any atom is -0.379 e. The summed E-state index contributed by atoms with van der Waals surface area (Å²) in [6, 6.07) is 6.99. The van der Waals surface area contributed by atoms with Crippen LogP contribution in [0.5, 0.6) is 0 Å². The molecule has 1 unspecified atom stereocenters. The standard InChI is InChI=1S/C14H22N2O/c1-11-4-5-12(2)14(10-11)13(3)15-16-6-8-17-9-7-16/h4-5,10,13,15H,6-9H2,1-3H3. The minimum atomic E-state index is 0.355. The summed E-state index contributed by atoms with van der Waals surface area (Å²) < 4.78 is 5.35. The van der Waals surface area contributed by atoms with Gasteiger partial charge in [-0.15, -0.1) is 0 Å². The van der Waals surface area contributed by atoms with Gasteiger partial charge in [0.25, 0.3) is 0 Å². The van der Waals surface area contributed by atoms with E-state index in [1.165, 1.54) is 16.7 Å². The summed E-state index contributed by atoms with van der Waals surface area (Å²) in [7, 11) is 0. The van der Waals surface area contributed by atoms with Crippen LogP contribution in [0.15, 0.2) is 18.2 Å². The Kier molecular flexibility index (Phi) is 4.15. The van der Waals surface area contributed by atoms with Gasteiger partial charge in [-0.2, -0.15) is 0 Å². The largest absolute Gasteiger partial charge is 0.379 e. The molecule has 94 valence electrons. The lowest BCUT2D eigenvalue weighted by molar-refractivity contribution is 0.00480. The monoisotopic (exact) mass is 234 g/mol. The number of aryl methyl sites for hydroxylation is 2. The summed E-state index contributed by atoms with van der Waals surface area (Å²) in [4.78, 5) is 0. The molecular weight excluding hydrogens is 212 g/mol. The van der Waals surface area contributed by atoms with Gasteiger partial charge in [0, 0.05) is 19.1 Å². The van der Waals surface area contributed by atoms with Gasteiger partial charge in [-0.1, -0.05) is 23.8 Å². The molecule has 3 heteroatoms. The van der Waals surface area contributed by atoms with E-state index in [1.54, 1.807) is 0 Å². The second-order valence-electron chi connectivity index (χ2n) is 4.81. The maximum Gasteiger partial charge on any atom is 0.0608 e. The van der Waals surface area contributed by atoms with Crippen molar-refractivity contribution in [1.29, 1.82) is 0 Å². The average molecular weight is 234 g/mol. The second kappa shape index (κ2) is 5.63. The Morgan fingerprint density at radius 3 is 2.65 bits per heavy atom. The van der Waals surface area contributed by atoms with Crippen molar-refractivity contribution < 1.29 is 4.74 Å². The van der Waals surface area contributed by atoms with E-state index >= 15 is 0 Å². The number of hydrogen-bond donors (Lipinski definition) is 1. The van der Waals surface area contributed by atoms with Gasteiger partial charge in [0.2, 0.25) is 0 Å². The molecule has 0 spiro atoms. The topological polar surface area (TPSA) is 24.5 Å². The molecule has 0 bridgehead atoms. The quantitative estimate of drug-likeness (QED) is 0.867. The molecular formula is C14H22N2O. The van der Waals surface area contributed by atoms with Crippen molar-refractivity contribution in [3.8, 4) is 0 Å². The van der Waals surface area contributed by atoms with Crippen molar-refractivity contribution in [1.82, 2.24) is 10.4 Å². The second-order valence-corrected chi connectivity index (χ2v) is 4.81. The van der Waals surface area contributed by atoms with Crippen LogP contribution in [0.1, 0.15) is 29.7 Å². The van der Waals surface area contributed by atoms with Crippen LogP contribution in [0.3, 0.4) is 0 Å². The molecule has 1 fully saturated rings. The fourth-order valence-corrected chi connectivity index (χ4v) is 2.26. The lowest BCUT2D eigenvalue weighted by Crippen LogP contribution is -2.46. The van der Waals surface area contributed by atoms with Crippen molar-refractivity contribution in [3.05, 3.63) is 34.9 Å². The van der Waals surface area contributed by atoms with E-state index in [4.69, 9.17) is 4.74 Å². The van der Waals surface area contributed by atoms with Crippen LogP contribution in [-0.4, -0.2) is 31.3 Å². The summed E-state index contributed by atoms with van der Waals surface area (Å²) >= 11 is 0. The van der Waals surface area contributed by atoms with Gasteiger partial charge in [0.15, 0.2) is 0 Å². The van der Waals surface area contributed by atoms with E-state index in [0.717, 1.165) is 26.3 Å². The lowest BCUT2D eigenvalue weighted by Gasteiger charge is -2.31. The van der Waals surface area contributed by atoms with Crippen molar-refractivity contribution in [2.75, 3.05) is 26.3 Å². The van der Waals surface area contributed by atoms with E-state index < -0.39 is 0 Å². The summed E-state index contributed by atoms with van der Waals surface area (Å²) in [6.07, 6.45) is 0. The van der Waals surface area contributed by atoms with Crippen LogP contribution in [0.25, 0.3) is 0 Å². The number of hydrogen-bond acceptors (Lipinski definition) is 3. The summed E-state index contributed by atoms with van der Waals surface area (Å²) in [5.41, 5.74) is 7.61. The lowest BCUT2D eigenvalue weighted by atomic mass is 10.0. The van der Waals surface area contributed by atoms with Crippen molar-refractivity contribution in [3.63, 3.8) is 0 Å². The highest BCUT2D eigenvalue weighted by Gasteiger charge is 2.15. The highest BCUT2D eigenvalue weighted by atomic mass is 16.5. The molecule has 1 aromatic rings. The van der Waals surface area contributed by atoms with Crippen molar-refractivity contribution in [2.45, 2.75) is 26.8 Å². The smallest absolute Gasteiger partial charge is 0.0608 e. The van der Waals surface area contributed by atoms with Crippen LogP contribution < -0.4 is 5.43 Å². The minimum absolute atomic E-state index is 0.355. The van der Waals surface area contributed by atoms with Gasteiger partial charge in [-0.05, 0) is 31.9 Å². The van der Waals surface area contributed by atoms with Crippen molar-refractivity contribution >= 4 is 0 Å². The maximum atomic E-state index is 5.35. The Labute approximate surface area is 104 Å². The van der Waals surface area contributed by atoms with E-state index in [0.29, 0.717) is 6.04 Å². The molecule has 3 nitrogen and oxygen atoms in total. The molecule has 1 heterocycles. The fourth-order valence-electron chi connectivity index (χ4n) is 2.26. The third-order valence-electron chi connectivity index (χ3n) is 3.29. The first-order valence-electron chi connectivity index (χ1n) is 6.33. The number of rotatable bonds is 3. The zero-order valence-electron chi connectivity index (χ0n) is 11.0. The molecule has 17 heavy (non-hydrogen) atoms. The maximum absolute atomic E-state index is 5.35. The van der Waals surface area contributed by atoms with Crippen LogP contribution in [0.4, 0.5) is 0 Å². The fraction of sp³-hybridized carbons (Fsp3) is 0.571. The molecule has 0 aromatic heterocycles. The van der Waals surface area contributed by atoms with E-state index in [-0.39, 0.29) is 0 Å². The van der Waals surface area contributed by atoms with E-state index in [2.05, 4.69) is 49.4 Å². The molecule has 1 aromatic carbocycles. The highest BCUT2D eigenvalue weighted by Crippen LogP contribution is 2.19. The van der Waals surface area contributed by atoms with E-state index in [1.807, 2.05) is 0 Å². The number of nitrogens with one attached hydrogen (secondary N) is 1. The van der Waals surface area contributed by atoms with Gasteiger partial charge in [0.05, 0.1) is 13.2 Å². The number of benzene rings is 1. The van der Waals surface area contributed by atoms with Gasteiger partial charge in [-0.25, -0.2) is 10.4 Å². The number of hydrazine groups is 1. The third kappa shape index (κ3) is 3.28. The molecule has 0 saturated carbocycles. The van der Waals surface area contributed by atoms with Gasteiger partial charge in [0.1, 0.15) is 0 Å². The molecule has 0 aliphatic carbocycles. The van der Waals surface area contributed by atoms with Gasteiger partial charge >= 0.3 is 0 Å². The van der Waals surface area contributed by atoms with Crippen LogP contribution >= 0.6 is 0 Å². The first-order valence-corrected chi connectivity index (χ1v) is 6.33. The molecule has 0 radical (unpaired) electrons. The Balaban J connectivity index is 2.02. The van der Waals surface area contributed by atoms with Gasteiger partial charge < -0.3 is 4.74 Å². The molecule has 0 amide bonds.